The molecule has 0 spiro atoms. The number of aromatic nitrogens is 1. The lowest BCUT2D eigenvalue weighted by Gasteiger charge is -2.29. The maximum atomic E-state index is 13.6. The molecule has 0 unspecified atom stereocenters. The SMILES string of the molecule is CCOc1ccc2nc(N(CCN3CCOCC3)C(=O)c3ccc(N(C)C)cc3)sc2c1. The minimum Gasteiger partial charge on any atom is -0.494 e. The third kappa shape index (κ3) is 5.20. The van der Waals surface area contributed by atoms with E-state index in [1.54, 1.807) is 0 Å². The molecule has 1 amide bonds. The number of carbonyl (C=O) groups excluding carboxylic acids is 1. The molecule has 0 saturated carbocycles. The minimum absolute atomic E-state index is 0.0346. The molecule has 3 aromatic rings. The topological polar surface area (TPSA) is 58.1 Å². The van der Waals surface area contributed by atoms with Gasteiger partial charge in [0.1, 0.15) is 5.75 Å². The van der Waals surface area contributed by atoms with Gasteiger partial charge in [0, 0.05) is 51.5 Å². The summed E-state index contributed by atoms with van der Waals surface area (Å²) in [6.07, 6.45) is 0. The van der Waals surface area contributed by atoms with Crippen LogP contribution in [0.15, 0.2) is 42.5 Å². The third-order valence-electron chi connectivity index (χ3n) is 5.51. The highest BCUT2D eigenvalue weighted by atomic mass is 32.1. The molecular formula is C24H30N4O3S. The Morgan fingerprint density at radius 2 is 1.91 bits per heavy atom. The number of hydrogen-bond donors (Lipinski definition) is 0. The summed E-state index contributed by atoms with van der Waals surface area (Å²) in [7, 11) is 3.98. The van der Waals surface area contributed by atoms with Gasteiger partial charge in [0.15, 0.2) is 5.13 Å². The van der Waals surface area contributed by atoms with Crippen molar-refractivity contribution in [1.29, 1.82) is 0 Å². The lowest BCUT2D eigenvalue weighted by atomic mass is 10.1. The molecule has 1 saturated heterocycles. The smallest absolute Gasteiger partial charge is 0.260 e. The van der Waals surface area contributed by atoms with Gasteiger partial charge in [0.2, 0.25) is 0 Å². The first-order valence-corrected chi connectivity index (χ1v) is 11.8. The molecule has 1 aliphatic rings. The van der Waals surface area contributed by atoms with E-state index in [9.17, 15) is 4.79 Å². The molecule has 32 heavy (non-hydrogen) atoms. The van der Waals surface area contributed by atoms with Gasteiger partial charge in [-0.2, -0.15) is 0 Å². The van der Waals surface area contributed by atoms with Crippen molar-refractivity contribution in [3.05, 3.63) is 48.0 Å². The van der Waals surface area contributed by atoms with E-state index in [1.807, 2.05) is 73.3 Å². The number of ether oxygens (including phenoxy) is 2. The van der Waals surface area contributed by atoms with Crippen LogP contribution in [0.1, 0.15) is 17.3 Å². The number of fused-ring (bicyclic) bond motifs is 1. The Kier molecular flexibility index (Phi) is 7.24. The summed E-state index contributed by atoms with van der Waals surface area (Å²) in [4.78, 5) is 24.5. The summed E-state index contributed by atoms with van der Waals surface area (Å²) in [5, 5.41) is 0.712. The Bertz CT molecular complexity index is 1050. The number of anilines is 2. The molecule has 0 N–H and O–H groups in total. The molecule has 0 atom stereocenters. The number of rotatable bonds is 8. The molecule has 0 aliphatic carbocycles. The van der Waals surface area contributed by atoms with Crippen LogP contribution in [0.4, 0.5) is 10.8 Å². The maximum Gasteiger partial charge on any atom is 0.260 e. The van der Waals surface area contributed by atoms with E-state index in [2.05, 4.69) is 4.90 Å². The van der Waals surface area contributed by atoms with Gasteiger partial charge in [-0.1, -0.05) is 11.3 Å². The first-order chi connectivity index (χ1) is 15.5. The maximum absolute atomic E-state index is 13.6. The van der Waals surface area contributed by atoms with Crippen LogP contribution >= 0.6 is 11.3 Å². The van der Waals surface area contributed by atoms with Crippen molar-refractivity contribution in [2.75, 3.05) is 69.9 Å². The van der Waals surface area contributed by atoms with Crippen molar-refractivity contribution in [3.8, 4) is 5.75 Å². The monoisotopic (exact) mass is 454 g/mol. The molecule has 2 aromatic carbocycles. The number of hydrogen-bond acceptors (Lipinski definition) is 7. The molecule has 7 nitrogen and oxygen atoms in total. The highest BCUT2D eigenvalue weighted by Gasteiger charge is 2.23. The predicted octanol–water partition coefficient (Wildman–Crippen LogP) is 3.74. The van der Waals surface area contributed by atoms with E-state index in [0.717, 1.165) is 54.5 Å². The van der Waals surface area contributed by atoms with Crippen LogP contribution in [0, 0.1) is 0 Å². The Balaban J connectivity index is 1.61. The Hall–Kier alpha value is -2.68. The second kappa shape index (κ2) is 10.3. The molecule has 170 valence electrons. The molecule has 0 bridgehead atoms. The number of carbonyl (C=O) groups is 1. The van der Waals surface area contributed by atoms with Crippen molar-refractivity contribution in [3.63, 3.8) is 0 Å². The third-order valence-corrected chi connectivity index (χ3v) is 6.55. The van der Waals surface area contributed by atoms with Gasteiger partial charge in [-0.05, 0) is 49.4 Å². The van der Waals surface area contributed by atoms with Crippen molar-refractivity contribution in [2.24, 2.45) is 0 Å². The van der Waals surface area contributed by atoms with Gasteiger partial charge in [0.25, 0.3) is 5.91 Å². The summed E-state index contributed by atoms with van der Waals surface area (Å²) in [5.41, 5.74) is 2.59. The number of nitrogens with zero attached hydrogens (tertiary/aromatic N) is 4. The first-order valence-electron chi connectivity index (χ1n) is 11.0. The largest absolute Gasteiger partial charge is 0.494 e. The molecule has 2 heterocycles. The lowest BCUT2D eigenvalue weighted by Crippen LogP contribution is -2.43. The first kappa shape index (κ1) is 22.5. The van der Waals surface area contributed by atoms with Crippen LogP contribution in [0.2, 0.25) is 0 Å². The molecule has 1 fully saturated rings. The van der Waals surface area contributed by atoms with Crippen LogP contribution in [0.5, 0.6) is 5.75 Å². The molecule has 1 aromatic heterocycles. The minimum atomic E-state index is -0.0346. The van der Waals surface area contributed by atoms with E-state index in [1.165, 1.54) is 11.3 Å². The van der Waals surface area contributed by atoms with Gasteiger partial charge in [-0.25, -0.2) is 4.98 Å². The van der Waals surface area contributed by atoms with Crippen LogP contribution in [0.25, 0.3) is 10.2 Å². The van der Waals surface area contributed by atoms with E-state index in [-0.39, 0.29) is 5.91 Å². The number of morpholine rings is 1. The number of benzene rings is 2. The predicted molar refractivity (Wildman–Crippen MR) is 130 cm³/mol. The van der Waals surface area contributed by atoms with Crippen molar-refractivity contribution >= 4 is 38.3 Å². The Morgan fingerprint density at radius 1 is 1.16 bits per heavy atom. The second-order valence-corrected chi connectivity index (χ2v) is 8.92. The average molecular weight is 455 g/mol. The molecule has 1 aliphatic heterocycles. The zero-order chi connectivity index (χ0) is 22.5. The van der Waals surface area contributed by atoms with Crippen molar-refractivity contribution < 1.29 is 14.3 Å². The van der Waals surface area contributed by atoms with Crippen LogP contribution < -0.4 is 14.5 Å². The standard InChI is InChI=1S/C24H30N4O3S/c1-4-31-20-9-10-21-22(17-20)32-24(25-21)28(12-11-27-13-15-30-16-14-27)23(29)18-5-7-19(8-6-18)26(2)3/h5-10,17H,4,11-16H2,1-3H3. The normalized spacial score (nSPS) is 14.5. The van der Waals surface area contributed by atoms with Crippen molar-refractivity contribution in [2.45, 2.75) is 6.92 Å². The Morgan fingerprint density at radius 3 is 2.59 bits per heavy atom. The fraction of sp³-hybridized carbons (Fsp3) is 0.417. The van der Waals surface area contributed by atoms with Gasteiger partial charge in [-0.3, -0.25) is 14.6 Å². The number of thiazole rings is 1. The summed E-state index contributed by atoms with van der Waals surface area (Å²) in [5.74, 6) is 0.785. The molecule has 8 heteroatoms. The second-order valence-electron chi connectivity index (χ2n) is 7.91. The van der Waals surface area contributed by atoms with Crippen LogP contribution in [-0.4, -0.2) is 75.9 Å². The highest BCUT2D eigenvalue weighted by molar-refractivity contribution is 7.22. The van der Waals surface area contributed by atoms with Crippen LogP contribution in [0.3, 0.4) is 0 Å². The van der Waals surface area contributed by atoms with Crippen LogP contribution in [-0.2, 0) is 4.74 Å². The van der Waals surface area contributed by atoms with E-state index in [4.69, 9.17) is 14.5 Å². The van der Waals surface area contributed by atoms with E-state index in [0.29, 0.717) is 23.8 Å². The van der Waals surface area contributed by atoms with E-state index >= 15 is 0 Å². The zero-order valence-corrected chi connectivity index (χ0v) is 19.7. The van der Waals surface area contributed by atoms with Crippen molar-refractivity contribution in [1.82, 2.24) is 9.88 Å². The molecule has 4 rings (SSSR count). The molecule has 0 radical (unpaired) electrons. The fourth-order valence-electron chi connectivity index (χ4n) is 3.67. The van der Waals surface area contributed by atoms with Gasteiger partial charge >= 0.3 is 0 Å². The van der Waals surface area contributed by atoms with Gasteiger partial charge < -0.3 is 14.4 Å². The summed E-state index contributed by atoms with van der Waals surface area (Å²) in [6, 6.07) is 13.6. The Labute approximate surface area is 193 Å². The van der Waals surface area contributed by atoms with Gasteiger partial charge in [0.05, 0.1) is 30.0 Å². The summed E-state index contributed by atoms with van der Waals surface area (Å²) >= 11 is 1.53. The van der Waals surface area contributed by atoms with E-state index < -0.39 is 0 Å². The number of amides is 1. The highest BCUT2D eigenvalue weighted by Crippen LogP contribution is 2.32. The average Bonchev–Trinajstić information content (AvgIpc) is 3.23. The lowest BCUT2D eigenvalue weighted by molar-refractivity contribution is 0.0391. The van der Waals surface area contributed by atoms with Gasteiger partial charge in [-0.15, -0.1) is 0 Å². The zero-order valence-electron chi connectivity index (χ0n) is 18.9. The summed E-state index contributed by atoms with van der Waals surface area (Å²) in [6.45, 7) is 7.19. The quantitative estimate of drug-likeness (QED) is 0.517. The fourth-order valence-corrected chi connectivity index (χ4v) is 4.69. The molecular weight excluding hydrogens is 424 g/mol. The summed E-state index contributed by atoms with van der Waals surface area (Å²) < 4.78 is 12.1.